The van der Waals surface area contributed by atoms with Crippen molar-refractivity contribution in [1.29, 1.82) is 0 Å². The van der Waals surface area contributed by atoms with Crippen molar-refractivity contribution in [3.63, 3.8) is 0 Å². The third kappa shape index (κ3) is 3.47. The van der Waals surface area contributed by atoms with Crippen LogP contribution in [0, 0.1) is 6.92 Å². The zero-order chi connectivity index (χ0) is 13.7. The third-order valence-electron chi connectivity index (χ3n) is 3.27. The molecule has 0 fully saturated rings. The molecule has 2 N–H and O–H groups in total. The first kappa shape index (κ1) is 15.0. The molecule has 1 aromatic rings. The lowest BCUT2D eigenvalue weighted by Crippen LogP contribution is -2.13. The Balaban J connectivity index is 3.08. The lowest BCUT2D eigenvalue weighted by Gasteiger charge is -2.19. The Morgan fingerprint density at radius 3 is 2.44 bits per heavy atom. The van der Waals surface area contributed by atoms with Crippen molar-refractivity contribution in [1.82, 2.24) is 5.32 Å². The summed E-state index contributed by atoms with van der Waals surface area (Å²) < 4.78 is 5.41. The molecule has 3 heteroatoms. The Morgan fingerprint density at radius 2 is 1.94 bits per heavy atom. The van der Waals surface area contributed by atoms with Crippen molar-refractivity contribution in [3.8, 4) is 5.75 Å². The summed E-state index contributed by atoms with van der Waals surface area (Å²) in [5.41, 5.74) is 3.25. The predicted molar refractivity (Wildman–Crippen MR) is 75.3 cm³/mol. The molecule has 1 aromatic carbocycles. The van der Waals surface area contributed by atoms with Gasteiger partial charge < -0.3 is 15.2 Å². The maximum atomic E-state index is 10.2. The fourth-order valence-corrected chi connectivity index (χ4v) is 2.14. The molecule has 0 heterocycles. The highest BCUT2D eigenvalue weighted by Gasteiger charge is 2.15. The van der Waals surface area contributed by atoms with E-state index >= 15 is 0 Å². The standard InChI is InChI=1S/C15H25NO2/c1-10(2)12-9-13(14(17)6-7-16-4)11(3)8-15(12)18-5/h8-10,14,16-17H,6-7H2,1-5H3. The molecule has 0 spiro atoms. The van der Waals surface area contributed by atoms with Crippen LogP contribution in [-0.4, -0.2) is 25.8 Å². The average molecular weight is 251 g/mol. The Hall–Kier alpha value is -1.06. The number of methoxy groups -OCH3 is 1. The van der Waals surface area contributed by atoms with E-state index in [1.54, 1.807) is 7.11 Å². The second kappa shape index (κ2) is 6.76. The number of hydrogen-bond acceptors (Lipinski definition) is 3. The van der Waals surface area contributed by atoms with Crippen LogP contribution >= 0.6 is 0 Å². The van der Waals surface area contributed by atoms with Crippen molar-refractivity contribution in [2.24, 2.45) is 0 Å². The van der Waals surface area contributed by atoms with Crippen LogP contribution in [0.2, 0.25) is 0 Å². The zero-order valence-corrected chi connectivity index (χ0v) is 12.1. The number of aliphatic hydroxyl groups excluding tert-OH is 1. The fourth-order valence-electron chi connectivity index (χ4n) is 2.14. The lowest BCUT2D eigenvalue weighted by molar-refractivity contribution is 0.167. The molecule has 1 rings (SSSR count). The summed E-state index contributed by atoms with van der Waals surface area (Å²) in [4.78, 5) is 0. The smallest absolute Gasteiger partial charge is 0.122 e. The molecule has 0 bridgehead atoms. The van der Waals surface area contributed by atoms with Crippen LogP contribution in [-0.2, 0) is 0 Å². The minimum atomic E-state index is -0.416. The molecule has 0 aromatic heterocycles. The average Bonchev–Trinajstić information content (AvgIpc) is 2.34. The van der Waals surface area contributed by atoms with E-state index < -0.39 is 6.10 Å². The van der Waals surface area contributed by atoms with Crippen molar-refractivity contribution in [3.05, 3.63) is 28.8 Å². The van der Waals surface area contributed by atoms with E-state index in [0.717, 1.165) is 35.4 Å². The molecule has 1 atom stereocenters. The normalized spacial score (nSPS) is 12.8. The molecular weight excluding hydrogens is 226 g/mol. The van der Waals surface area contributed by atoms with E-state index in [9.17, 15) is 5.11 Å². The predicted octanol–water partition coefficient (Wildman–Crippen LogP) is 2.77. The molecule has 3 nitrogen and oxygen atoms in total. The quantitative estimate of drug-likeness (QED) is 0.817. The second-order valence-corrected chi connectivity index (χ2v) is 5.01. The molecule has 0 aliphatic heterocycles. The fraction of sp³-hybridized carbons (Fsp3) is 0.600. The number of rotatable bonds is 6. The third-order valence-corrected chi connectivity index (χ3v) is 3.27. The van der Waals surface area contributed by atoms with Gasteiger partial charge in [-0.15, -0.1) is 0 Å². The summed E-state index contributed by atoms with van der Waals surface area (Å²) in [5, 5.41) is 13.3. The number of hydrogen-bond donors (Lipinski definition) is 2. The summed E-state index contributed by atoms with van der Waals surface area (Å²) in [6.07, 6.45) is 0.308. The molecule has 0 saturated heterocycles. The summed E-state index contributed by atoms with van der Waals surface area (Å²) in [6, 6.07) is 4.10. The molecule has 0 amide bonds. The van der Waals surface area contributed by atoms with Gasteiger partial charge in [0.2, 0.25) is 0 Å². The highest BCUT2D eigenvalue weighted by molar-refractivity contribution is 5.44. The monoisotopic (exact) mass is 251 g/mol. The van der Waals surface area contributed by atoms with Crippen LogP contribution in [0.1, 0.15) is 49.0 Å². The first-order valence-corrected chi connectivity index (χ1v) is 6.52. The van der Waals surface area contributed by atoms with E-state index in [-0.39, 0.29) is 0 Å². The summed E-state index contributed by atoms with van der Waals surface area (Å²) >= 11 is 0. The maximum absolute atomic E-state index is 10.2. The number of nitrogens with one attached hydrogen (secondary N) is 1. The van der Waals surface area contributed by atoms with Gasteiger partial charge in [0.15, 0.2) is 0 Å². The minimum absolute atomic E-state index is 0.385. The van der Waals surface area contributed by atoms with E-state index in [1.807, 2.05) is 20.0 Å². The number of ether oxygens (including phenoxy) is 1. The lowest BCUT2D eigenvalue weighted by atomic mass is 9.93. The van der Waals surface area contributed by atoms with Gasteiger partial charge in [0.1, 0.15) is 5.75 Å². The Morgan fingerprint density at radius 1 is 1.28 bits per heavy atom. The Kier molecular flexibility index (Phi) is 5.63. The molecule has 0 saturated carbocycles. The van der Waals surface area contributed by atoms with Gasteiger partial charge in [0, 0.05) is 0 Å². The van der Waals surface area contributed by atoms with Gasteiger partial charge in [-0.3, -0.25) is 0 Å². The maximum Gasteiger partial charge on any atom is 0.122 e. The zero-order valence-electron chi connectivity index (χ0n) is 12.1. The van der Waals surface area contributed by atoms with E-state index in [4.69, 9.17) is 4.74 Å². The second-order valence-electron chi connectivity index (χ2n) is 5.01. The molecule has 0 radical (unpaired) electrons. The van der Waals surface area contributed by atoms with E-state index in [2.05, 4.69) is 25.2 Å². The van der Waals surface area contributed by atoms with Gasteiger partial charge in [0.05, 0.1) is 13.2 Å². The number of benzene rings is 1. The van der Waals surface area contributed by atoms with E-state index in [1.165, 1.54) is 0 Å². The molecule has 0 aliphatic carbocycles. The summed E-state index contributed by atoms with van der Waals surface area (Å²) in [7, 11) is 3.59. The van der Waals surface area contributed by atoms with E-state index in [0.29, 0.717) is 5.92 Å². The molecule has 18 heavy (non-hydrogen) atoms. The molecule has 0 aliphatic rings. The Labute approximate surface area is 110 Å². The SMILES string of the molecule is CNCCC(O)c1cc(C(C)C)c(OC)cc1C. The van der Waals surface area contributed by atoms with Crippen LogP contribution in [0.5, 0.6) is 5.75 Å². The van der Waals surface area contributed by atoms with Crippen molar-refractivity contribution < 1.29 is 9.84 Å². The summed E-state index contributed by atoms with van der Waals surface area (Å²) in [6.45, 7) is 7.10. The molecular formula is C15H25NO2. The van der Waals surface area contributed by atoms with Gasteiger partial charge >= 0.3 is 0 Å². The molecule has 1 unspecified atom stereocenters. The van der Waals surface area contributed by atoms with Gasteiger partial charge in [0.25, 0.3) is 0 Å². The van der Waals surface area contributed by atoms with Crippen molar-refractivity contribution >= 4 is 0 Å². The van der Waals surface area contributed by atoms with Crippen LogP contribution in [0.4, 0.5) is 0 Å². The largest absolute Gasteiger partial charge is 0.496 e. The minimum Gasteiger partial charge on any atom is -0.496 e. The highest BCUT2D eigenvalue weighted by atomic mass is 16.5. The molecule has 102 valence electrons. The first-order valence-electron chi connectivity index (χ1n) is 6.52. The van der Waals surface area contributed by atoms with Gasteiger partial charge in [-0.1, -0.05) is 13.8 Å². The van der Waals surface area contributed by atoms with Gasteiger partial charge in [-0.2, -0.15) is 0 Å². The first-order chi connectivity index (χ1) is 8.51. The van der Waals surface area contributed by atoms with Crippen LogP contribution in [0.15, 0.2) is 12.1 Å². The van der Waals surface area contributed by atoms with Crippen LogP contribution in [0.25, 0.3) is 0 Å². The van der Waals surface area contributed by atoms with Crippen molar-refractivity contribution in [2.75, 3.05) is 20.7 Å². The van der Waals surface area contributed by atoms with Crippen LogP contribution in [0.3, 0.4) is 0 Å². The number of aryl methyl sites for hydroxylation is 1. The van der Waals surface area contributed by atoms with Gasteiger partial charge in [-0.05, 0) is 61.7 Å². The Bertz CT molecular complexity index is 388. The van der Waals surface area contributed by atoms with Crippen molar-refractivity contribution in [2.45, 2.75) is 39.2 Å². The topological polar surface area (TPSA) is 41.5 Å². The van der Waals surface area contributed by atoms with Crippen LogP contribution < -0.4 is 10.1 Å². The van der Waals surface area contributed by atoms with Gasteiger partial charge in [-0.25, -0.2) is 0 Å². The summed E-state index contributed by atoms with van der Waals surface area (Å²) in [5.74, 6) is 1.29. The highest BCUT2D eigenvalue weighted by Crippen LogP contribution is 2.32. The number of aliphatic hydroxyl groups is 1.